The second-order valence-electron chi connectivity index (χ2n) is 6.59. The van der Waals surface area contributed by atoms with E-state index in [0.717, 1.165) is 18.7 Å². The fourth-order valence-corrected chi connectivity index (χ4v) is 3.09. The maximum Gasteiger partial charge on any atom is 0.322 e. The lowest BCUT2D eigenvalue weighted by molar-refractivity contribution is 0.203. The molecule has 22 heavy (non-hydrogen) atoms. The van der Waals surface area contributed by atoms with Gasteiger partial charge in [0.15, 0.2) is 0 Å². The third-order valence-electron chi connectivity index (χ3n) is 4.10. The van der Waals surface area contributed by atoms with E-state index < -0.39 is 0 Å². The molecule has 4 heteroatoms. The monoisotopic (exact) mass is 295 g/mol. The maximum absolute atomic E-state index is 12.7. The van der Waals surface area contributed by atoms with Gasteiger partial charge in [0.25, 0.3) is 0 Å². The standard InChI is InChI=1S/C18H21N3O/c1-18(2)12-16(14-6-4-3-5-7-14)21(13-18)17(22)20-15-8-10-19-11-9-15/h3-11,16H,12-13H2,1-2H3,(H,19,20,22). The van der Waals surface area contributed by atoms with Crippen LogP contribution in [0.4, 0.5) is 10.5 Å². The minimum absolute atomic E-state index is 0.0503. The lowest BCUT2D eigenvalue weighted by Crippen LogP contribution is -2.35. The van der Waals surface area contributed by atoms with Crippen molar-refractivity contribution in [1.82, 2.24) is 9.88 Å². The first-order valence-corrected chi connectivity index (χ1v) is 7.58. The average Bonchev–Trinajstić information content (AvgIpc) is 2.85. The number of hydrogen-bond donors (Lipinski definition) is 1. The Balaban J connectivity index is 1.82. The molecule has 0 radical (unpaired) electrons. The Morgan fingerprint density at radius 1 is 1.18 bits per heavy atom. The van der Waals surface area contributed by atoms with E-state index in [1.54, 1.807) is 24.5 Å². The first-order chi connectivity index (χ1) is 10.6. The third-order valence-corrected chi connectivity index (χ3v) is 4.10. The van der Waals surface area contributed by atoms with Crippen LogP contribution in [0.25, 0.3) is 0 Å². The van der Waals surface area contributed by atoms with Gasteiger partial charge in [-0.1, -0.05) is 44.2 Å². The quantitative estimate of drug-likeness (QED) is 0.907. The van der Waals surface area contributed by atoms with Crippen LogP contribution >= 0.6 is 0 Å². The minimum Gasteiger partial charge on any atom is -0.317 e. The van der Waals surface area contributed by atoms with Gasteiger partial charge in [-0.15, -0.1) is 0 Å². The highest BCUT2D eigenvalue weighted by atomic mass is 16.2. The molecular formula is C18H21N3O. The Morgan fingerprint density at radius 2 is 1.86 bits per heavy atom. The summed E-state index contributed by atoms with van der Waals surface area (Å²) >= 11 is 0. The van der Waals surface area contributed by atoms with Gasteiger partial charge in [0, 0.05) is 24.6 Å². The van der Waals surface area contributed by atoms with Crippen LogP contribution in [0.3, 0.4) is 0 Å². The highest BCUT2D eigenvalue weighted by Crippen LogP contribution is 2.42. The third kappa shape index (κ3) is 3.11. The largest absolute Gasteiger partial charge is 0.322 e. The molecule has 1 saturated heterocycles. The highest BCUT2D eigenvalue weighted by Gasteiger charge is 2.40. The molecular weight excluding hydrogens is 274 g/mol. The van der Waals surface area contributed by atoms with Crippen molar-refractivity contribution in [2.45, 2.75) is 26.3 Å². The zero-order valence-corrected chi connectivity index (χ0v) is 13.0. The summed E-state index contributed by atoms with van der Waals surface area (Å²) in [6, 6.07) is 13.9. The van der Waals surface area contributed by atoms with E-state index in [2.05, 4.69) is 36.3 Å². The summed E-state index contributed by atoms with van der Waals surface area (Å²) < 4.78 is 0. The first kappa shape index (κ1) is 14.6. The lowest BCUT2D eigenvalue weighted by atomic mass is 9.89. The smallest absolute Gasteiger partial charge is 0.317 e. The van der Waals surface area contributed by atoms with Gasteiger partial charge < -0.3 is 10.2 Å². The average molecular weight is 295 g/mol. The van der Waals surface area contributed by atoms with Crippen LogP contribution in [0.2, 0.25) is 0 Å². The zero-order chi connectivity index (χ0) is 15.6. The number of anilines is 1. The van der Waals surface area contributed by atoms with Gasteiger partial charge in [-0.3, -0.25) is 4.98 Å². The number of rotatable bonds is 2. The van der Waals surface area contributed by atoms with Crippen molar-refractivity contribution in [2.24, 2.45) is 5.41 Å². The van der Waals surface area contributed by atoms with Crippen LogP contribution in [0.15, 0.2) is 54.9 Å². The fourth-order valence-electron chi connectivity index (χ4n) is 3.09. The van der Waals surface area contributed by atoms with Crippen LogP contribution in [-0.4, -0.2) is 22.5 Å². The van der Waals surface area contributed by atoms with Crippen LogP contribution in [0.1, 0.15) is 31.9 Å². The Bertz CT molecular complexity index is 640. The number of carbonyl (C=O) groups is 1. The predicted octanol–water partition coefficient (Wildman–Crippen LogP) is 4.09. The van der Waals surface area contributed by atoms with Gasteiger partial charge in [-0.25, -0.2) is 4.79 Å². The van der Waals surface area contributed by atoms with Gasteiger partial charge in [-0.05, 0) is 29.5 Å². The normalized spacial score (nSPS) is 19.9. The maximum atomic E-state index is 12.7. The molecule has 0 saturated carbocycles. The molecule has 1 fully saturated rings. The number of aromatic nitrogens is 1. The number of hydrogen-bond acceptors (Lipinski definition) is 2. The van der Waals surface area contributed by atoms with Crippen LogP contribution in [0.5, 0.6) is 0 Å². The Kier molecular flexibility index (Phi) is 3.84. The molecule has 3 rings (SSSR count). The van der Waals surface area contributed by atoms with Crippen LogP contribution < -0.4 is 5.32 Å². The second kappa shape index (κ2) is 5.79. The molecule has 1 aliphatic heterocycles. The number of benzene rings is 1. The van der Waals surface area contributed by atoms with E-state index in [1.165, 1.54) is 5.56 Å². The van der Waals surface area contributed by atoms with E-state index in [-0.39, 0.29) is 17.5 Å². The molecule has 2 heterocycles. The molecule has 0 aliphatic carbocycles. The second-order valence-corrected chi connectivity index (χ2v) is 6.59. The number of carbonyl (C=O) groups excluding carboxylic acids is 1. The summed E-state index contributed by atoms with van der Waals surface area (Å²) in [5, 5.41) is 2.97. The topological polar surface area (TPSA) is 45.2 Å². The van der Waals surface area contributed by atoms with E-state index in [0.29, 0.717) is 0 Å². The predicted molar refractivity (Wildman–Crippen MR) is 87.5 cm³/mol. The Labute approximate surface area is 131 Å². The van der Waals surface area contributed by atoms with E-state index in [1.807, 2.05) is 23.1 Å². The molecule has 0 bridgehead atoms. The first-order valence-electron chi connectivity index (χ1n) is 7.58. The zero-order valence-electron chi connectivity index (χ0n) is 13.0. The fraction of sp³-hybridized carbons (Fsp3) is 0.333. The molecule has 4 nitrogen and oxygen atoms in total. The van der Waals surface area contributed by atoms with Gasteiger partial charge in [-0.2, -0.15) is 0 Å². The van der Waals surface area contributed by atoms with Gasteiger partial charge >= 0.3 is 6.03 Å². The molecule has 2 aromatic rings. The minimum atomic E-state index is -0.0503. The lowest BCUT2D eigenvalue weighted by Gasteiger charge is -2.25. The molecule has 1 aliphatic rings. The van der Waals surface area contributed by atoms with E-state index in [4.69, 9.17) is 0 Å². The van der Waals surface area contributed by atoms with Crippen molar-refractivity contribution >= 4 is 11.7 Å². The highest BCUT2D eigenvalue weighted by molar-refractivity contribution is 5.89. The Hall–Kier alpha value is -2.36. The summed E-state index contributed by atoms with van der Waals surface area (Å²) in [6.45, 7) is 5.18. The Morgan fingerprint density at radius 3 is 2.55 bits per heavy atom. The van der Waals surface area contributed by atoms with Crippen molar-refractivity contribution in [3.05, 3.63) is 60.4 Å². The number of nitrogens with one attached hydrogen (secondary N) is 1. The van der Waals surface area contributed by atoms with Crippen molar-refractivity contribution in [3.8, 4) is 0 Å². The SMILES string of the molecule is CC1(C)CC(c2ccccc2)N(C(=O)Nc2ccncc2)C1. The van der Waals surface area contributed by atoms with Crippen LogP contribution in [-0.2, 0) is 0 Å². The van der Waals surface area contributed by atoms with Crippen molar-refractivity contribution < 1.29 is 4.79 Å². The molecule has 1 aromatic carbocycles. The molecule has 1 N–H and O–H groups in total. The van der Waals surface area contributed by atoms with Crippen molar-refractivity contribution in [3.63, 3.8) is 0 Å². The number of urea groups is 1. The van der Waals surface area contributed by atoms with E-state index >= 15 is 0 Å². The summed E-state index contributed by atoms with van der Waals surface area (Å²) in [4.78, 5) is 18.6. The van der Waals surface area contributed by atoms with Crippen molar-refractivity contribution in [1.29, 1.82) is 0 Å². The van der Waals surface area contributed by atoms with Gasteiger partial charge in [0.05, 0.1) is 6.04 Å². The summed E-state index contributed by atoms with van der Waals surface area (Å²) in [5.74, 6) is 0. The summed E-state index contributed by atoms with van der Waals surface area (Å²) in [6.07, 6.45) is 4.33. The summed E-state index contributed by atoms with van der Waals surface area (Å²) in [5.41, 5.74) is 2.09. The molecule has 114 valence electrons. The molecule has 1 aromatic heterocycles. The van der Waals surface area contributed by atoms with Gasteiger partial charge in [0.2, 0.25) is 0 Å². The number of amides is 2. The van der Waals surface area contributed by atoms with Crippen LogP contribution in [0, 0.1) is 5.41 Å². The molecule has 1 atom stereocenters. The van der Waals surface area contributed by atoms with E-state index in [9.17, 15) is 4.79 Å². The summed E-state index contributed by atoms with van der Waals surface area (Å²) in [7, 11) is 0. The molecule has 0 spiro atoms. The number of pyridine rings is 1. The molecule has 1 unspecified atom stereocenters. The number of likely N-dealkylation sites (tertiary alicyclic amines) is 1. The van der Waals surface area contributed by atoms with Gasteiger partial charge in [0.1, 0.15) is 0 Å². The molecule has 2 amide bonds. The number of nitrogens with zero attached hydrogens (tertiary/aromatic N) is 2. The van der Waals surface area contributed by atoms with Crippen molar-refractivity contribution in [2.75, 3.05) is 11.9 Å².